The predicted molar refractivity (Wildman–Crippen MR) is 59.8 cm³/mol. The summed E-state index contributed by atoms with van der Waals surface area (Å²) in [4.78, 5) is 9.32. The summed E-state index contributed by atoms with van der Waals surface area (Å²) in [5.74, 6) is -0.451. The van der Waals surface area contributed by atoms with Crippen LogP contribution in [0.25, 0.3) is 0 Å². The van der Waals surface area contributed by atoms with Crippen molar-refractivity contribution in [2.75, 3.05) is 6.61 Å². The van der Waals surface area contributed by atoms with Gasteiger partial charge in [0.05, 0.1) is 6.61 Å². The molecule has 17 heavy (non-hydrogen) atoms. The van der Waals surface area contributed by atoms with E-state index in [4.69, 9.17) is 9.05 Å². The third-order valence-corrected chi connectivity index (χ3v) is 3.67. The second kappa shape index (κ2) is 4.18. The maximum atomic E-state index is 13.7. The van der Waals surface area contributed by atoms with Crippen LogP contribution >= 0.6 is 7.82 Å². The fraction of sp³-hybridized carbons (Fsp3) is 0.455. The van der Waals surface area contributed by atoms with Crippen LogP contribution in [0.3, 0.4) is 0 Å². The van der Waals surface area contributed by atoms with Crippen LogP contribution in [0.2, 0.25) is 0 Å². The van der Waals surface area contributed by atoms with Crippen LogP contribution < -0.4 is 0 Å². The largest absolute Gasteiger partial charge is 0.472 e. The summed E-state index contributed by atoms with van der Waals surface area (Å²) in [5.41, 5.74) is -0.297. The highest BCUT2D eigenvalue weighted by Gasteiger charge is 2.45. The number of hydrogen-bond donors (Lipinski definition) is 1. The number of halogens is 1. The van der Waals surface area contributed by atoms with E-state index in [-0.39, 0.29) is 12.2 Å². The highest BCUT2D eigenvalue weighted by Crippen LogP contribution is 2.58. The van der Waals surface area contributed by atoms with Crippen molar-refractivity contribution < 1.29 is 22.9 Å². The Hall–Kier alpha value is -0.740. The molecule has 0 amide bonds. The van der Waals surface area contributed by atoms with Crippen LogP contribution in [-0.4, -0.2) is 11.5 Å². The molecule has 0 radical (unpaired) electrons. The molecule has 2 rings (SSSR count). The van der Waals surface area contributed by atoms with Crippen LogP contribution in [-0.2, 0) is 13.6 Å². The first-order valence-corrected chi connectivity index (χ1v) is 6.71. The van der Waals surface area contributed by atoms with Crippen LogP contribution in [0.15, 0.2) is 24.3 Å². The standard InChI is InChI=1S/C11H14FO4P/c1-11(2)7-15-17(13,14)16-10(11)8-5-3-4-6-9(8)12/h3-6,10H,7H2,1-2H3,(H,13,14)/t10-/m1/s1. The lowest BCUT2D eigenvalue weighted by molar-refractivity contribution is -0.0486. The summed E-state index contributed by atoms with van der Waals surface area (Å²) in [5, 5.41) is 0. The van der Waals surface area contributed by atoms with Gasteiger partial charge in [0.15, 0.2) is 0 Å². The Morgan fingerprint density at radius 3 is 2.76 bits per heavy atom. The molecule has 1 aromatic rings. The zero-order valence-corrected chi connectivity index (χ0v) is 10.5. The quantitative estimate of drug-likeness (QED) is 0.788. The molecule has 1 saturated heterocycles. The Labute approximate surface area is 99.0 Å². The Bertz CT molecular complexity index is 474. The number of rotatable bonds is 1. The monoisotopic (exact) mass is 260 g/mol. The SMILES string of the molecule is CC1(C)COP(=O)(O)O[C@@H]1c1ccccc1F. The molecule has 4 nitrogen and oxygen atoms in total. The van der Waals surface area contributed by atoms with Gasteiger partial charge in [-0.2, -0.15) is 0 Å². The lowest BCUT2D eigenvalue weighted by Gasteiger charge is -2.39. The van der Waals surface area contributed by atoms with Crippen LogP contribution in [0.4, 0.5) is 4.39 Å². The van der Waals surface area contributed by atoms with Gasteiger partial charge in [0.25, 0.3) is 0 Å². The third-order valence-electron chi connectivity index (χ3n) is 2.74. The van der Waals surface area contributed by atoms with Crippen molar-refractivity contribution in [2.45, 2.75) is 20.0 Å². The van der Waals surface area contributed by atoms with Gasteiger partial charge < -0.3 is 4.89 Å². The summed E-state index contributed by atoms with van der Waals surface area (Å²) in [7, 11) is -4.07. The maximum Gasteiger partial charge on any atom is 0.472 e. The van der Waals surface area contributed by atoms with Gasteiger partial charge >= 0.3 is 7.82 Å². The summed E-state index contributed by atoms with van der Waals surface area (Å²) in [6.07, 6.45) is -0.798. The maximum absolute atomic E-state index is 13.7. The smallest absolute Gasteiger partial charge is 0.302 e. The Morgan fingerprint density at radius 2 is 2.12 bits per heavy atom. The number of phosphoric ester groups is 1. The van der Waals surface area contributed by atoms with Gasteiger partial charge in [-0.05, 0) is 6.07 Å². The molecule has 1 N–H and O–H groups in total. The molecular weight excluding hydrogens is 246 g/mol. The average Bonchev–Trinajstić information content (AvgIpc) is 2.23. The Morgan fingerprint density at radius 1 is 1.47 bits per heavy atom. The van der Waals surface area contributed by atoms with Gasteiger partial charge in [-0.3, -0.25) is 9.05 Å². The first kappa shape index (κ1) is 12.7. The van der Waals surface area contributed by atoms with Crippen LogP contribution in [0, 0.1) is 11.2 Å². The molecule has 1 aliphatic heterocycles. The molecule has 0 bridgehead atoms. The van der Waals surface area contributed by atoms with E-state index in [1.165, 1.54) is 6.07 Å². The van der Waals surface area contributed by atoms with E-state index in [0.717, 1.165) is 0 Å². The normalized spacial score (nSPS) is 32.4. The molecule has 1 heterocycles. The van der Waals surface area contributed by atoms with Crippen molar-refractivity contribution in [2.24, 2.45) is 5.41 Å². The van der Waals surface area contributed by atoms with Gasteiger partial charge in [-0.25, -0.2) is 8.96 Å². The predicted octanol–water partition coefficient (Wildman–Crippen LogP) is 3.04. The van der Waals surface area contributed by atoms with E-state index in [1.54, 1.807) is 32.0 Å². The van der Waals surface area contributed by atoms with Crippen LogP contribution in [0.5, 0.6) is 0 Å². The second-order valence-electron chi connectivity index (χ2n) is 4.74. The van der Waals surface area contributed by atoms with Gasteiger partial charge in [-0.15, -0.1) is 0 Å². The summed E-state index contributed by atoms with van der Waals surface area (Å²) in [6, 6.07) is 6.07. The summed E-state index contributed by atoms with van der Waals surface area (Å²) >= 11 is 0. The zero-order valence-electron chi connectivity index (χ0n) is 9.59. The molecule has 0 spiro atoms. The van der Waals surface area contributed by atoms with Crippen LogP contribution in [0.1, 0.15) is 25.5 Å². The van der Waals surface area contributed by atoms with Crippen molar-refractivity contribution in [3.8, 4) is 0 Å². The first-order chi connectivity index (χ1) is 7.82. The van der Waals surface area contributed by atoms with E-state index >= 15 is 0 Å². The molecule has 0 saturated carbocycles. The molecule has 2 atom stereocenters. The minimum Gasteiger partial charge on any atom is -0.302 e. The lowest BCUT2D eigenvalue weighted by Crippen LogP contribution is -2.33. The van der Waals surface area contributed by atoms with Crippen molar-refractivity contribution >= 4 is 7.82 Å². The second-order valence-corrected chi connectivity index (χ2v) is 6.14. The Balaban J connectivity index is 2.41. The Kier molecular flexibility index (Phi) is 3.12. The van der Waals surface area contributed by atoms with Gasteiger partial charge in [0.1, 0.15) is 11.9 Å². The van der Waals surface area contributed by atoms with Crippen molar-refractivity contribution in [1.82, 2.24) is 0 Å². The molecule has 0 aromatic heterocycles. The summed E-state index contributed by atoms with van der Waals surface area (Å²) in [6.45, 7) is 3.63. The molecule has 0 aliphatic carbocycles. The molecule has 94 valence electrons. The first-order valence-electron chi connectivity index (χ1n) is 5.22. The van der Waals surface area contributed by atoms with Crippen molar-refractivity contribution in [1.29, 1.82) is 0 Å². The van der Waals surface area contributed by atoms with Gasteiger partial charge in [0.2, 0.25) is 0 Å². The van der Waals surface area contributed by atoms with E-state index in [1.807, 2.05) is 0 Å². The molecule has 1 aliphatic rings. The van der Waals surface area contributed by atoms with Crippen molar-refractivity contribution in [3.05, 3.63) is 35.6 Å². The number of benzene rings is 1. The fourth-order valence-corrected chi connectivity index (χ4v) is 3.02. The number of phosphoric acid groups is 1. The van der Waals surface area contributed by atoms with E-state index < -0.39 is 25.2 Å². The van der Waals surface area contributed by atoms with Gasteiger partial charge in [0, 0.05) is 11.0 Å². The summed E-state index contributed by atoms with van der Waals surface area (Å²) < 4.78 is 34.8. The number of hydrogen-bond acceptors (Lipinski definition) is 3. The minimum absolute atomic E-state index is 0.0414. The molecule has 1 aromatic carbocycles. The minimum atomic E-state index is -4.07. The highest BCUT2D eigenvalue weighted by atomic mass is 31.2. The fourth-order valence-electron chi connectivity index (χ4n) is 1.80. The molecule has 6 heteroatoms. The van der Waals surface area contributed by atoms with Gasteiger partial charge in [-0.1, -0.05) is 32.0 Å². The zero-order chi connectivity index (χ0) is 12.7. The third kappa shape index (κ3) is 2.58. The molecule has 1 unspecified atom stereocenters. The molecule has 1 fully saturated rings. The molecular formula is C11H14FO4P. The van der Waals surface area contributed by atoms with E-state index in [9.17, 15) is 13.8 Å². The highest BCUT2D eigenvalue weighted by molar-refractivity contribution is 7.47. The lowest BCUT2D eigenvalue weighted by atomic mass is 9.83. The van der Waals surface area contributed by atoms with E-state index in [0.29, 0.717) is 0 Å². The average molecular weight is 260 g/mol. The topological polar surface area (TPSA) is 55.8 Å². The van der Waals surface area contributed by atoms with E-state index in [2.05, 4.69) is 0 Å². The van der Waals surface area contributed by atoms with Crippen molar-refractivity contribution in [3.63, 3.8) is 0 Å².